The van der Waals surface area contributed by atoms with E-state index in [4.69, 9.17) is 14.7 Å². The van der Waals surface area contributed by atoms with Crippen molar-refractivity contribution in [3.05, 3.63) is 71.8 Å². The third-order valence-electron chi connectivity index (χ3n) is 3.68. The molecule has 0 fully saturated rings. The molecule has 0 saturated heterocycles. The molecule has 122 valence electrons. The van der Waals surface area contributed by atoms with Crippen molar-refractivity contribution in [1.82, 2.24) is 0 Å². The summed E-state index contributed by atoms with van der Waals surface area (Å²) in [5.74, 6) is 1.30. The minimum Gasteiger partial charge on any atom is -0.490 e. The van der Waals surface area contributed by atoms with Gasteiger partial charge in [0.15, 0.2) is 11.5 Å². The number of nitrogens with zero attached hydrogens (tertiary/aromatic N) is 1. The van der Waals surface area contributed by atoms with Gasteiger partial charge in [0.2, 0.25) is 0 Å². The average molecular weight is 321 g/mol. The summed E-state index contributed by atoms with van der Waals surface area (Å²) in [6.45, 7) is 2.91. The highest BCUT2D eigenvalue weighted by molar-refractivity contribution is 5.83. The van der Waals surface area contributed by atoms with E-state index in [2.05, 4.69) is 35.5 Å². The lowest BCUT2D eigenvalue weighted by Gasteiger charge is -2.13. The van der Waals surface area contributed by atoms with Crippen LogP contribution in [0.2, 0.25) is 0 Å². The second kappa shape index (κ2) is 7.51. The fourth-order valence-corrected chi connectivity index (χ4v) is 2.55. The maximum Gasteiger partial charge on any atom is 0.161 e. The SMILES string of the molecule is CCOc1cc(C=NO)ccc1OCc1ccc2ccccc2c1. The lowest BCUT2D eigenvalue weighted by atomic mass is 10.1. The number of rotatable bonds is 6. The highest BCUT2D eigenvalue weighted by atomic mass is 16.5. The number of hydrogen-bond acceptors (Lipinski definition) is 4. The number of hydrogen-bond donors (Lipinski definition) is 1. The van der Waals surface area contributed by atoms with E-state index in [0.717, 1.165) is 11.1 Å². The van der Waals surface area contributed by atoms with E-state index in [1.807, 2.05) is 31.2 Å². The summed E-state index contributed by atoms with van der Waals surface area (Å²) in [6.07, 6.45) is 1.36. The molecule has 0 heterocycles. The average Bonchev–Trinajstić information content (AvgIpc) is 2.61. The van der Waals surface area contributed by atoms with Gasteiger partial charge in [-0.3, -0.25) is 0 Å². The van der Waals surface area contributed by atoms with Crippen molar-refractivity contribution in [2.75, 3.05) is 6.61 Å². The van der Waals surface area contributed by atoms with Crippen molar-refractivity contribution in [3.63, 3.8) is 0 Å². The van der Waals surface area contributed by atoms with Crippen LogP contribution in [-0.2, 0) is 6.61 Å². The van der Waals surface area contributed by atoms with Gasteiger partial charge in [-0.05, 0) is 47.5 Å². The summed E-state index contributed by atoms with van der Waals surface area (Å²) in [4.78, 5) is 0. The summed E-state index contributed by atoms with van der Waals surface area (Å²) in [5, 5.41) is 14.1. The Kier molecular flexibility index (Phi) is 4.96. The molecule has 0 spiro atoms. The van der Waals surface area contributed by atoms with Crippen molar-refractivity contribution in [3.8, 4) is 11.5 Å². The quantitative estimate of drug-likeness (QED) is 0.409. The largest absolute Gasteiger partial charge is 0.490 e. The van der Waals surface area contributed by atoms with E-state index in [9.17, 15) is 0 Å². The van der Waals surface area contributed by atoms with Crippen LogP contribution in [0.4, 0.5) is 0 Å². The fourth-order valence-electron chi connectivity index (χ4n) is 2.55. The predicted molar refractivity (Wildman–Crippen MR) is 95.3 cm³/mol. The van der Waals surface area contributed by atoms with Gasteiger partial charge < -0.3 is 14.7 Å². The summed E-state index contributed by atoms with van der Waals surface area (Å²) >= 11 is 0. The second-order valence-electron chi connectivity index (χ2n) is 5.35. The van der Waals surface area contributed by atoms with Gasteiger partial charge in [-0.2, -0.15) is 0 Å². The Labute approximate surface area is 141 Å². The Morgan fingerprint density at radius 2 is 1.75 bits per heavy atom. The molecule has 0 unspecified atom stereocenters. The van der Waals surface area contributed by atoms with Gasteiger partial charge in [-0.1, -0.05) is 41.6 Å². The Hall–Kier alpha value is -3.01. The Morgan fingerprint density at radius 3 is 2.54 bits per heavy atom. The van der Waals surface area contributed by atoms with Crippen molar-refractivity contribution < 1.29 is 14.7 Å². The van der Waals surface area contributed by atoms with Crippen molar-refractivity contribution >= 4 is 17.0 Å². The molecule has 0 aliphatic rings. The van der Waals surface area contributed by atoms with Crippen LogP contribution < -0.4 is 9.47 Å². The van der Waals surface area contributed by atoms with Gasteiger partial charge >= 0.3 is 0 Å². The maximum atomic E-state index is 8.65. The minimum absolute atomic E-state index is 0.457. The number of oxime groups is 1. The molecular weight excluding hydrogens is 302 g/mol. The van der Waals surface area contributed by atoms with Crippen LogP contribution in [0.5, 0.6) is 11.5 Å². The Bertz CT molecular complexity index is 858. The zero-order valence-corrected chi connectivity index (χ0v) is 13.5. The molecule has 3 aromatic carbocycles. The van der Waals surface area contributed by atoms with Gasteiger partial charge in [0.05, 0.1) is 12.8 Å². The van der Waals surface area contributed by atoms with Crippen molar-refractivity contribution in [1.29, 1.82) is 0 Å². The third kappa shape index (κ3) is 3.66. The lowest BCUT2D eigenvalue weighted by Crippen LogP contribution is -2.00. The zero-order chi connectivity index (χ0) is 16.8. The summed E-state index contributed by atoms with van der Waals surface area (Å²) in [6, 6.07) is 20.0. The molecule has 3 aromatic rings. The predicted octanol–water partition coefficient (Wildman–Crippen LogP) is 4.63. The van der Waals surface area contributed by atoms with E-state index in [1.165, 1.54) is 17.0 Å². The monoisotopic (exact) mass is 321 g/mol. The number of fused-ring (bicyclic) bond motifs is 1. The molecular formula is C20H19NO3. The number of ether oxygens (including phenoxy) is 2. The van der Waals surface area contributed by atoms with Crippen LogP contribution in [0.1, 0.15) is 18.1 Å². The van der Waals surface area contributed by atoms with E-state index >= 15 is 0 Å². The van der Waals surface area contributed by atoms with Crippen molar-refractivity contribution in [2.24, 2.45) is 5.16 Å². The van der Waals surface area contributed by atoms with E-state index in [1.54, 1.807) is 6.07 Å². The molecule has 4 heteroatoms. The molecule has 0 aliphatic carbocycles. The fraction of sp³-hybridized carbons (Fsp3) is 0.150. The Morgan fingerprint density at radius 1 is 0.917 bits per heavy atom. The highest BCUT2D eigenvalue weighted by Crippen LogP contribution is 2.29. The van der Waals surface area contributed by atoms with Crippen LogP contribution in [0, 0.1) is 0 Å². The normalized spacial score (nSPS) is 11.0. The van der Waals surface area contributed by atoms with Gasteiger partial charge in [0.25, 0.3) is 0 Å². The molecule has 0 saturated carbocycles. The summed E-state index contributed by atoms with van der Waals surface area (Å²) < 4.78 is 11.5. The van der Waals surface area contributed by atoms with Gasteiger partial charge in [-0.15, -0.1) is 0 Å². The van der Waals surface area contributed by atoms with E-state index < -0.39 is 0 Å². The highest BCUT2D eigenvalue weighted by Gasteiger charge is 2.07. The minimum atomic E-state index is 0.457. The molecule has 0 radical (unpaired) electrons. The molecule has 24 heavy (non-hydrogen) atoms. The molecule has 0 aromatic heterocycles. The smallest absolute Gasteiger partial charge is 0.161 e. The zero-order valence-electron chi connectivity index (χ0n) is 13.5. The molecule has 0 amide bonds. The van der Waals surface area contributed by atoms with Gasteiger partial charge in [0, 0.05) is 5.56 Å². The molecule has 0 bridgehead atoms. The first kappa shape index (κ1) is 15.9. The summed E-state index contributed by atoms with van der Waals surface area (Å²) in [7, 11) is 0. The first-order chi connectivity index (χ1) is 11.8. The van der Waals surface area contributed by atoms with E-state index in [-0.39, 0.29) is 0 Å². The summed E-state index contributed by atoms with van der Waals surface area (Å²) in [5.41, 5.74) is 1.84. The van der Waals surface area contributed by atoms with E-state index in [0.29, 0.717) is 24.7 Å². The molecule has 0 atom stereocenters. The molecule has 1 N–H and O–H groups in total. The number of benzene rings is 3. The third-order valence-corrected chi connectivity index (χ3v) is 3.68. The van der Waals surface area contributed by atoms with Crippen LogP contribution >= 0.6 is 0 Å². The first-order valence-corrected chi connectivity index (χ1v) is 7.85. The lowest BCUT2D eigenvalue weighted by molar-refractivity contribution is 0.269. The van der Waals surface area contributed by atoms with Gasteiger partial charge in [0.1, 0.15) is 6.61 Å². The van der Waals surface area contributed by atoms with Crippen LogP contribution in [-0.4, -0.2) is 18.0 Å². The first-order valence-electron chi connectivity index (χ1n) is 7.85. The van der Waals surface area contributed by atoms with Crippen molar-refractivity contribution in [2.45, 2.75) is 13.5 Å². The molecule has 0 aliphatic heterocycles. The van der Waals surface area contributed by atoms with Crippen LogP contribution in [0.25, 0.3) is 10.8 Å². The topological polar surface area (TPSA) is 51.0 Å². The molecule has 3 rings (SSSR count). The Balaban J connectivity index is 1.79. The van der Waals surface area contributed by atoms with Crippen LogP contribution in [0.3, 0.4) is 0 Å². The maximum absolute atomic E-state index is 8.65. The standard InChI is InChI=1S/C20H19NO3/c1-2-23-20-12-15(13-21-22)8-10-19(20)24-14-16-7-9-17-5-3-4-6-18(17)11-16/h3-13,22H,2,14H2,1H3. The second-order valence-corrected chi connectivity index (χ2v) is 5.35. The molecule has 4 nitrogen and oxygen atoms in total. The van der Waals surface area contributed by atoms with Crippen LogP contribution in [0.15, 0.2) is 65.8 Å². The van der Waals surface area contributed by atoms with Gasteiger partial charge in [-0.25, -0.2) is 0 Å².